The van der Waals surface area contributed by atoms with Crippen molar-refractivity contribution < 1.29 is 10.2 Å². The fraction of sp³-hybridized carbons (Fsp3) is 0.926. The summed E-state index contributed by atoms with van der Waals surface area (Å²) in [7, 11) is 0. The van der Waals surface area contributed by atoms with Gasteiger partial charge in [-0.3, -0.25) is 4.90 Å². The first kappa shape index (κ1) is 20.2. The molecule has 6 aliphatic rings. The minimum atomic E-state index is -0.510. The summed E-state index contributed by atoms with van der Waals surface area (Å²) < 4.78 is 0. The Morgan fingerprint density at radius 3 is 2.60 bits per heavy atom. The van der Waals surface area contributed by atoms with Crippen LogP contribution in [0.4, 0.5) is 0 Å². The maximum atomic E-state index is 11.8. The normalized spacial score (nSPS) is 58.0. The summed E-state index contributed by atoms with van der Waals surface area (Å²) in [6, 6.07) is 0.390. The molecule has 4 aliphatic carbocycles. The van der Waals surface area contributed by atoms with Gasteiger partial charge in [-0.2, -0.15) is 0 Å². The predicted octanol–water partition coefficient (Wildman–Crippen LogP) is 4.63. The zero-order valence-electron chi connectivity index (χ0n) is 19.4. The van der Waals surface area contributed by atoms with Gasteiger partial charge in [-0.05, 0) is 112 Å². The van der Waals surface area contributed by atoms with Gasteiger partial charge in [0.25, 0.3) is 0 Å². The molecule has 0 bridgehead atoms. The first-order valence-corrected chi connectivity index (χ1v) is 13.1. The topological polar surface area (TPSA) is 43.7 Å². The lowest BCUT2D eigenvalue weighted by molar-refractivity contribution is -0.175. The van der Waals surface area contributed by atoms with Gasteiger partial charge < -0.3 is 10.2 Å². The standard InChI is InChI=1S/C27H43NO2/c1-16-4-9-25-27(3,30)23-8-7-19-20-6-5-17-12-18(29)10-11-26(17,2)24(20)13-21(19)22(23)15-28(25)14-16/h5,16,18-25,29-30H,4,6-15H2,1-3H3/t16?,18?,19-,20?,21+,22?,23-,24-,25-,26?,27-/m0/s1. The maximum Gasteiger partial charge on any atom is 0.0805 e. The summed E-state index contributed by atoms with van der Waals surface area (Å²) in [5, 5.41) is 22.1. The van der Waals surface area contributed by atoms with Crippen molar-refractivity contribution in [1.82, 2.24) is 4.90 Å². The molecule has 30 heavy (non-hydrogen) atoms. The van der Waals surface area contributed by atoms with Gasteiger partial charge in [-0.15, -0.1) is 0 Å². The van der Waals surface area contributed by atoms with E-state index in [2.05, 4.69) is 31.7 Å². The van der Waals surface area contributed by atoms with Crippen molar-refractivity contribution in [2.45, 2.75) is 96.3 Å². The van der Waals surface area contributed by atoms with E-state index >= 15 is 0 Å². The number of rotatable bonds is 0. The average Bonchev–Trinajstić information content (AvgIpc) is 3.09. The van der Waals surface area contributed by atoms with Gasteiger partial charge in [0, 0.05) is 19.1 Å². The van der Waals surface area contributed by atoms with Crippen LogP contribution in [0.5, 0.6) is 0 Å². The summed E-state index contributed by atoms with van der Waals surface area (Å²) in [5.74, 6) is 5.30. The number of aliphatic hydroxyl groups is 2. The molecule has 168 valence electrons. The molecule has 2 heterocycles. The van der Waals surface area contributed by atoms with E-state index in [-0.39, 0.29) is 6.10 Å². The van der Waals surface area contributed by atoms with Crippen molar-refractivity contribution in [1.29, 1.82) is 0 Å². The SMILES string of the molecule is CC1CC[C@@H]2N(C1)CC1[C@@H]3C[C@H]4C(CC=C5CC(O)CCC54C)[C@@H]3CC[C@@H]1[C@]2(C)O. The van der Waals surface area contributed by atoms with Crippen LogP contribution in [0.1, 0.15) is 78.6 Å². The van der Waals surface area contributed by atoms with Gasteiger partial charge in [0.05, 0.1) is 11.7 Å². The Balaban J connectivity index is 1.30. The zero-order valence-corrected chi connectivity index (χ0v) is 19.4. The summed E-state index contributed by atoms with van der Waals surface area (Å²) in [6.45, 7) is 9.57. The van der Waals surface area contributed by atoms with Crippen LogP contribution in [0.25, 0.3) is 0 Å². The zero-order chi connectivity index (χ0) is 20.8. The van der Waals surface area contributed by atoms with E-state index in [9.17, 15) is 10.2 Å². The van der Waals surface area contributed by atoms with Crippen LogP contribution in [-0.4, -0.2) is 45.9 Å². The monoisotopic (exact) mass is 413 g/mol. The van der Waals surface area contributed by atoms with Gasteiger partial charge in [-0.1, -0.05) is 25.5 Å². The number of fused-ring (bicyclic) bond motifs is 8. The summed E-state index contributed by atoms with van der Waals surface area (Å²) in [6.07, 6.45) is 13.2. The smallest absolute Gasteiger partial charge is 0.0805 e. The van der Waals surface area contributed by atoms with E-state index in [1.807, 2.05) is 0 Å². The van der Waals surface area contributed by atoms with Gasteiger partial charge in [-0.25, -0.2) is 0 Å². The molecule has 5 unspecified atom stereocenters. The highest BCUT2D eigenvalue weighted by molar-refractivity contribution is 5.26. The van der Waals surface area contributed by atoms with Gasteiger partial charge in [0.1, 0.15) is 0 Å². The van der Waals surface area contributed by atoms with Crippen molar-refractivity contribution in [3.8, 4) is 0 Å². The van der Waals surface area contributed by atoms with Crippen molar-refractivity contribution >= 4 is 0 Å². The van der Waals surface area contributed by atoms with Crippen LogP contribution >= 0.6 is 0 Å². The molecule has 0 aromatic rings. The highest BCUT2D eigenvalue weighted by atomic mass is 16.3. The number of hydrogen-bond donors (Lipinski definition) is 2. The fourth-order valence-corrected chi connectivity index (χ4v) is 9.98. The van der Waals surface area contributed by atoms with Crippen LogP contribution in [0, 0.1) is 46.8 Å². The molecule has 2 aliphatic heterocycles. The fourth-order valence-electron chi connectivity index (χ4n) is 9.98. The quantitative estimate of drug-likeness (QED) is 0.569. The third kappa shape index (κ3) is 2.73. The van der Waals surface area contributed by atoms with E-state index < -0.39 is 5.60 Å². The second-order valence-electron chi connectivity index (χ2n) is 12.8. The van der Waals surface area contributed by atoms with Gasteiger partial charge in [0.15, 0.2) is 0 Å². The number of aliphatic hydroxyl groups excluding tert-OH is 1. The first-order valence-electron chi connectivity index (χ1n) is 13.1. The molecule has 5 fully saturated rings. The predicted molar refractivity (Wildman–Crippen MR) is 120 cm³/mol. The highest BCUT2D eigenvalue weighted by Crippen LogP contribution is 2.66. The number of allylic oxidation sites excluding steroid dienone is 1. The van der Waals surface area contributed by atoms with E-state index in [0.29, 0.717) is 23.3 Å². The Kier molecular flexibility index (Phi) is 4.60. The Morgan fingerprint density at radius 1 is 0.933 bits per heavy atom. The first-order chi connectivity index (χ1) is 14.3. The van der Waals surface area contributed by atoms with Crippen LogP contribution in [-0.2, 0) is 0 Å². The third-order valence-corrected chi connectivity index (χ3v) is 11.5. The molecule has 3 heteroatoms. The summed E-state index contributed by atoms with van der Waals surface area (Å²) >= 11 is 0. The largest absolute Gasteiger partial charge is 0.393 e. The maximum absolute atomic E-state index is 11.8. The van der Waals surface area contributed by atoms with Gasteiger partial charge in [0.2, 0.25) is 0 Å². The lowest BCUT2D eigenvalue weighted by Gasteiger charge is -2.59. The Morgan fingerprint density at radius 2 is 1.77 bits per heavy atom. The van der Waals surface area contributed by atoms with E-state index in [4.69, 9.17) is 0 Å². The van der Waals surface area contributed by atoms with Crippen LogP contribution in [0.2, 0.25) is 0 Å². The van der Waals surface area contributed by atoms with E-state index in [0.717, 1.165) is 42.4 Å². The van der Waals surface area contributed by atoms with Crippen LogP contribution in [0.15, 0.2) is 11.6 Å². The van der Waals surface area contributed by atoms with E-state index in [1.54, 1.807) is 5.57 Å². The summed E-state index contributed by atoms with van der Waals surface area (Å²) in [4.78, 5) is 2.71. The van der Waals surface area contributed by atoms with Crippen molar-refractivity contribution in [2.75, 3.05) is 13.1 Å². The molecule has 11 atom stereocenters. The van der Waals surface area contributed by atoms with Crippen molar-refractivity contribution in [3.05, 3.63) is 11.6 Å². The van der Waals surface area contributed by atoms with Gasteiger partial charge >= 0.3 is 0 Å². The molecule has 3 saturated carbocycles. The number of nitrogens with zero attached hydrogens (tertiary/aromatic N) is 1. The molecular formula is C27H43NO2. The average molecular weight is 414 g/mol. The molecule has 2 N–H and O–H groups in total. The Hall–Kier alpha value is -0.380. The second-order valence-corrected chi connectivity index (χ2v) is 12.8. The minimum Gasteiger partial charge on any atom is -0.393 e. The molecule has 0 spiro atoms. The minimum absolute atomic E-state index is 0.111. The lowest BCUT2D eigenvalue weighted by atomic mass is 9.56. The lowest BCUT2D eigenvalue weighted by Crippen LogP contribution is -2.67. The summed E-state index contributed by atoms with van der Waals surface area (Å²) in [5.41, 5.74) is 1.40. The molecule has 2 saturated heterocycles. The van der Waals surface area contributed by atoms with Crippen molar-refractivity contribution in [2.24, 2.45) is 46.8 Å². The van der Waals surface area contributed by atoms with E-state index in [1.165, 1.54) is 58.0 Å². The molecule has 3 nitrogen and oxygen atoms in total. The Bertz CT molecular complexity index is 730. The van der Waals surface area contributed by atoms with Crippen LogP contribution in [0.3, 0.4) is 0 Å². The molecule has 0 radical (unpaired) electrons. The highest BCUT2D eigenvalue weighted by Gasteiger charge is 2.62. The van der Waals surface area contributed by atoms with Crippen molar-refractivity contribution in [3.63, 3.8) is 0 Å². The third-order valence-electron chi connectivity index (χ3n) is 11.5. The number of piperidine rings is 2. The number of hydrogen-bond acceptors (Lipinski definition) is 3. The Labute approximate surface area is 183 Å². The molecule has 0 amide bonds. The molecule has 0 aromatic carbocycles. The molecule has 0 aromatic heterocycles. The molecular weight excluding hydrogens is 370 g/mol. The second kappa shape index (κ2) is 6.81. The van der Waals surface area contributed by atoms with Crippen LogP contribution < -0.4 is 0 Å². The molecule has 6 rings (SSSR count).